The zero-order valence-corrected chi connectivity index (χ0v) is 15.7. The van der Waals surface area contributed by atoms with Crippen molar-refractivity contribution < 1.29 is 4.39 Å². The number of imidazole rings is 1. The molecule has 0 radical (unpaired) electrons. The molecule has 5 heteroatoms. The first-order chi connectivity index (χ1) is 12.7. The molecule has 1 atom stereocenters. The van der Waals surface area contributed by atoms with Crippen LogP contribution in [0.2, 0.25) is 0 Å². The van der Waals surface area contributed by atoms with Gasteiger partial charge in [-0.1, -0.05) is 12.1 Å². The normalized spacial score (nSPS) is 24.5. The molecule has 2 aliphatic heterocycles. The van der Waals surface area contributed by atoms with Gasteiger partial charge >= 0.3 is 0 Å². The summed E-state index contributed by atoms with van der Waals surface area (Å²) in [6.45, 7) is 9.70. The lowest BCUT2D eigenvalue weighted by Gasteiger charge is -2.40. The van der Waals surface area contributed by atoms with Crippen molar-refractivity contribution in [2.24, 2.45) is 5.41 Å². The molecule has 4 nitrogen and oxygen atoms in total. The number of hydrogen-bond donors (Lipinski definition) is 0. The van der Waals surface area contributed by atoms with Crippen molar-refractivity contribution in [2.75, 3.05) is 26.2 Å². The fourth-order valence-corrected chi connectivity index (χ4v) is 4.77. The van der Waals surface area contributed by atoms with Crippen LogP contribution in [0.5, 0.6) is 0 Å². The van der Waals surface area contributed by atoms with Crippen molar-refractivity contribution in [3.63, 3.8) is 0 Å². The summed E-state index contributed by atoms with van der Waals surface area (Å²) in [7, 11) is 0. The maximum absolute atomic E-state index is 13.1. The smallest absolute Gasteiger partial charge is 0.123 e. The van der Waals surface area contributed by atoms with Crippen molar-refractivity contribution in [3.8, 4) is 0 Å². The molecule has 2 fully saturated rings. The zero-order valence-electron chi connectivity index (χ0n) is 15.7. The second-order valence-electron chi connectivity index (χ2n) is 8.03. The highest BCUT2D eigenvalue weighted by molar-refractivity contribution is 5.16. The summed E-state index contributed by atoms with van der Waals surface area (Å²) in [5, 5.41) is 0. The van der Waals surface area contributed by atoms with Crippen molar-refractivity contribution >= 4 is 0 Å². The van der Waals surface area contributed by atoms with Crippen LogP contribution in [-0.2, 0) is 19.6 Å². The van der Waals surface area contributed by atoms with Crippen molar-refractivity contribution in [1.82, 2.24) is 19.4 Å². The van der Waals surface area contributed by atoms with E-state index in [-0.39, 0.29) is 5.82 Å². The lowest BCUT2D eigenvalue weighted by molar-refractivity contribution is 0.0862. The van der Waals surface area contributed by atoms with Crippen LogP contribution >= 0.6 is 0 Å². The number of aryl methyl sites for hydroxylation is 1. The Balaban J connectivity index is 1.37. The van der Waals surface area contributed by atoms with Gasteiger partial charge in [0, 0.05) is 38.6 Å². The molecule has 0 saturated carbocycles. The van der Waals surface area contributed by atoms with Gasteiger partial charge in [-0.05, 0) is 62.4 Å². The Kier molecular flexibility index (Phi) is 5.09. The Labute approximate surface area is 155 Å². The molecule has 0 N–H and O–H groups in total. The number of halogens is 1. The first kappa shape index (κ1) is 17.7. The van der Waals surface area contributed by atoms with Gasteiger partial charge in [0.05, 0.1) is 6.54 Å². The number of nitrogens with zero attached hydrogens (tertiary/aromatic N) is 4. The van der Waals surface area contributed by atoms with Crippen LogP contribution in [0.15, 0.2) is 36.7 Å². The SMILES string of the molecule is CCn1ccnc1CN1CCC2(CCCN(Cc3ccc(F)cc3)C2)C1. The standard InChI is InChI=1S/C21H29FN4/c1-2-26-13-10-23-20(26)15-25-12-9-21(17-25)8-3-11-24(16-21)14-18-4-6-19(22)7-5-18/h4-7,10,13H,2-3,8-9,11-12,14-17H2,1H3. The average Bonchev–Trinajstić information content (AvgIpc) is 3.24. The first-order valence-corrected chi connectivity index (χ1v) is 9.85. The van der Waals surface area contributed by atoms with Gasteiger partial charge in [0.25, 0.3) is 0 Å². The maximum atomic E-state index is 13.1. The van der Waals surface area contributed by atoms with E-state index in [1.54, 1.807) is 12.1 Å². The van der Waals surface area contributed by atoms with Crippen LogP contribution < -0.4 is 0 Å². The fraction of sp³-hybridized carbons (Fsp3) is 0.571. The van der Waals surface area contributed by atoms with Crippen molar-refractivity contribution in [2.45, 2.75) is 45.8 Å². The highest BCUT2D eigenvalue weighted by Gasteiger charge is 2.41. The van der Waals surface area contributed by atoms with Gasteiger partial charge in [0.2, 0.25) is 0 Å². The molecule has 0 amide bonds. The molecule has 1 aromatic carbocycles. The third-order valence-corrected chi connectivity index (χ3v) is 6.08. The van der Waals surface area contributed by atoms with Crippen LogP contribution in [0.25, 0.3) is 0 Å². The summed E-state index contributed by atoms with van der Waals surface area (Å²) in [6, 6.07) is 6.98. The average molecular weight is 356 g/mol. The van der Waals surface area contributed by atoms with Crippen LogP contribution in [0.1, 0.15) is 37.6 Å². The van der Waals surface area contributed by atoms with E-state index in [2.05, 4.69) is 32.5 Å². The van der Waals surface area contributed by atoms with Gasteiger partial charge in [-0.3, -0.25) is 9.80 Å². The molecule has 2 aliphatic rings. The predicted molar refractivity (Wildman–Crippen MR) is 101 cm³/mol. The Bertz CT molecular complexity index is 726. The monoisotopic (exact) mass is 356 g/mol. The summed E-state index contributed by atoms with van der Waals surface area (Å²) in [6.07, 6.45) is 7.85. The molecule has 4 rings (SSSR count). The summed E-state index contributed by atoms with van der Waals surface area (Å²) in [4.78, 5) is 9.68. The maximum Gasteiger partial charge on any atom is 0.123 e. The molecule has 0 bridgehead atoms. The largest absolute Gasteiger partial charge is 0.334 e. The van der Waals surface area contributed by atoms with E-state index in [9.17, 15) is 4.39 Å². The second kappa shape index (κ2) is 7.49. The molecule has 140 valence electrons. The van der Waals surface area contributed by atoms with Crippen LogP contribution in [0, 0.1) is 11.2 Å². The Hall–Kier alpha value is -1.72. The Morgan fingerprint density at radius 2 is 1.81 bits per heavy atom. The Morgan fingerprint density at radius 1 is 1.04 bits per heavy atom. The lowest BCUT2D eigenvalue weighted by Crippen LogP contribution is -2.44. The number of aromatic nitrogens is 2. The third kappa shape index (κ3) is 3.84. The molecule has 1 aromatic heterocycles. The van der Waals surface area contributed by atoms with Gasteiger partial charge < -0.3 is 4.57 Å². The minimum absolute atomic E-state index is 0.152. The van der Waals surface area contributed by atoms with Gasteiger partial charge in [0.15, 0.2) is 0 Å². The van der Waals surface area contributed by atoms with Crippen LogP contribution in [-0.4, -0.2) is 45.5 Å². The van der Waals surface area contributed by atoms with E-state index < -0.39 is 0 Å². The minimum Gasteiger partial charge on any atom is -0.334 e. The van der Waals surface area contributed by atoms with E-state index in [1.807, 2.05) is 18.3 Å². The van der Waals surface area contributed by atoms with E-state index in [1.165, 1.54) is 43.7 Å². The van der Waals surface area contributed by atoms with Crippen molar-refractivity contribution in [3.05, 3.63) is 53.9 Å². The molecule has 2 aromatic rings. The molecule has 0 aliphatic carbocycles. The molecule has 26 heavy (non-hydrogen) atoms. The number of hydrogen-bond acceptors (Lipinski definition) is 3. The van der Waals surface area contributed by atoms with Crippen LogP contribution in [0.4, 0.5) is 4.39 Å². The minimum atomic E-state index is -0.152. The first-order valence-electron chi connectivity index (χ1n) is 9.85. The van der Waals surface area contributed by atoms with Crippen molar-refractivity contribution in [1.29, 1.82) is 0 Å². The topological polar surface area (TPSA) is 24.3 Å². The van der Waals surface area contributed by atoms with E-state index in [4.69, 9.17) is 0 Å². The molecule has 2 saturated heterocycles. The third-order valence-electron chi connectivity index (χ3n) is 6.08. The van der Waals surface area contributed by atoms with Gasteiger partial charge in [-0.15, -0.1) is 0 Å². The van der Waals surface area contributed by atoms with Gasteiger partial charge in [0.1, 0.15) is 11.6 Å². The number of benzene rings is 1. The molecular formula is C21H29FN4. The zero-order chi connectivity index (χ0) is 18.0. The second-order valence-corrected chi connectivity index (χ2v) is 8.03. The van der Waals surface area contributed by atoms with Gasteiger partial charge in [-0.2, -0.15) is 0 Å². The highest BCUT2D eigenvalue weighted by Crippen LogP contribution is 2.39. The summed E-state index contributed by atoms with van der Waals surface area (Å²) in [5.74, 6) is 1.03. The summed E-state index contributed by atoms with van der Waals surface area (Å²) in [5.41, 5.74) is 1.63. The molecular weight excluding hydrogens is 327 g/mol. The quantitative estimate of drug-likeness (QED) is 0.819. The number of rotatable bonds is 5. The van der Waals surface area contributed by atoms with E-state index in [0.717, 1.165) is 32.7 Å². The van der Waals surface area contributed by atoms with E-state index >= 15 is 0 Å². The molecule has 1 unspecified atom stereocenters. The number of likely N-dealkylation sites (tertiary alicyclic amines) is 2. The fourth-order valence-electron chi connectivity index (χ4n) is 4.77. The summed E-state index contributed by atoms with van der Waals surface area (Å²) < 4.78 is 15.4. The molecule has 1 spiro atoms. The van der Waals surface area contributed by atoms with Crippen LogP contribution in [0.3, 0.4) is 0 Å². The predicted octanol–water partition coefficient (Wildman–Crippen LogP) is 3.53. The highest BCUT2D eigenvalue weighted by atomic mass is 19.1. The number of piperidine rings is 1. The Morgan fingerprint density at radius 3 is 2.58 bits per heavy atom. The lowest BCUT2D eigenvalue weighted by atomic mass is 9.79. The van der Waals surface area contributed by atoms with Gasteiger partial charge in [-0.25, -0.2) is 9.37 Å². The molecule has 3 heterocycles. The van der Waals surface area contributed by atoms with E-state index in [0.29, 0.717) is 5.41 Å². The summed E-state index contributed by atoms with van der Waals surface area (Å²) >= 11 is 0.